The molecule has 0 aromatic heterocycles. The maximum Gasteiger partial charge on any atom is 0.407 e. The van der Waals surface area contributed by atoms with Crippen molar-refractivity contribution in [1.82, 2.24) is 20.9 Å². The Hall–Kier alpha value is -3.94. The number of carbonyl (C=O) groups excluding carboxylic acids is 7. The molecule has 1 aliphatic heterocycles. The molecule has 0 spiro atoms. The molecule has 1 aromatic rings. The smallest absolute Gasteiger partial charge is 0.407 e. The molecule has 3 unspecified atom stereocenters. The van der Waals surface area contributed by atoms with E-state index >= 15 is 0 Å². The lowest BCUT2D eigenvalue weighted by Crippen LogP contribution is -2.51. The van der Waals surface area contributed by atoms with Crippen LogP contribution in [0.1, 0.15) is 78.2 Å². The number of ether oxygens (including phenoxy) is 1. The minimum Gasteiger partial charge on any atom is -0.445 e. The van der Waals surface area contributed by atoms with E-state index in [-0.39, 0.29) is 61.4 Å². The first-order chi connectivity index (χ1) is 22.4. The number of benzene rings is 1. The molecule has 3 atom stereocenters. The van der Waals surface area contributed by atoms with Crippen molar-refractivity contribution in [2.24, 2.45) is 11.8 Å². The number of alkyl carbamates (subject to hydrolysis) is 1. The van der Waals surface area contributed by atoms with Gasteiger partial charge in [0.2, 0.25) is 29.5 Å². The molecule has 6 amide bonds. The van der Waals surface area contributed by atoms with Crippen molar-refractivity contribution in [2.45, 2.75) is 90.5 Å². The fourth-order valence-electron chi connectivity index (χ4n) is 4.64. The summed E-state index contributed by atoms with van der Waals surface area (Å²) in [4.78, 5) is 85.9. The zero-order chi connectivity index (χ0) is 34.8. The highest BCUT2D eigenvalue weighted by molar-refractivity contribution is 8.00. The maximum absolute atomic E-state index is 12.8. The zero-order valence-corrected chi connectivity index (χ0v) is 28.6. The number of hydrogen-bond acceptors (Lipinski definition) is 9. The molecule has 1 saturated heterocycles. The van der Waals surface area contributed by atoms with Crippen LogP contribution in [0, 0.1) is 11.8 Å². The van der Waals surface area contributed by atoms with E-state index in [4.69, 9.17) is 4.74 Å². The number of aldehydes is 1. The lowest BCUT2D eigenvalue weighted by molar-refractivity contribution is -0.138. The Labute approximate surface area is 281 Å². The van der Waals surface area contributed by atoms with Crippen molar-refractivity contribution in [2.75, 3.05) is 30.7 Å². The summed E-state index contributed by atoms with van der Waals surface area (Å²) in [6.45, 7) is 7.80. The van der Waals surface area contributed by atoms with Gasteiger partial charge in [0.15, 0.2) is 0 Å². The monoisotopic (exact) mass is 675 g/mol. The van der Waals surface area contributed by atoms with E-state index in [1.165, 1.54) is 4.90 Å². The standard InChI is InChI=1S/C33H49N5O8S/c1-5-23(4)14-18-47-26-19-29(42)38(32(26)44)16-8-6-7-9-27(40)37-30(22(2)3)31(43)35-20-28(41)36-25-12-10-24(11-13-25)21-46-33(45)34-15-17-39/h10-13,17,22-23,26,30H,5-9,14-16,18-21H2,1-4H3,(H,34,45)(H,35,43)(H,36,41)(H,37,40). The highest BCUT2D eigenvalue weighted by Crippen LogP contribution is 2.27. The largest absolute Gasteiger partial charge is 0.445 e. The zero-order valence-electron chi connectivity index (χ0n) is 27.8. The quantitative estimate of drug-likeness (QED) is 0.0865. The van der Waals surface area contributed by atoms with Gasteiger partial charge in [0.05, 0.1) is 18.3 Å². The summed E-state index contributed by atoms with van der Waals surface area (Å²) in [5, 5.41) is 9.94. The summed E-state index contributed by atoms with van der Waals surface area (Å²) < 4.78 is 4.97. The molecule has 0 radical (unpaired) electrons. The van der Waals surface area contributed by atoms with E-state index in [0.29, 0.717) is 49.3 Å². The van der Waals surface area contributed by atoms with Gasteiger partial charge in [-0.15, -0.1) is 11.8 Å². The normalized spacial score (nSPS) is 15.6. The summed E-state index contributed by atoms with van der Waals surface area (Å²) in [5.74, 6) is -0.231. The van der Waals surface area contributed by atoms with Crippen LogP contribution in [-0.4, -0.2) is 83.5 Å². The summed E-state index contributed by atoms with van der Waals surface area (Å²) in [6.07, 6.45) is 4.19. The van der Waals surface area contributed by atoms with Gasteiger partial charge >= 0.3 is 6.09 Å². The van der Waals surface area contributed by atoms with Gasteiger partial charge in [0.25, 0.3) is 0 Å². The molecule has 0 aliphatic carbocycles. The van der Waals surface area contributed by atoms with Crippen molar-refractivity contribution in [3.8, 4) is 0 Å². The summed E-state index contributed by atoms with van der Waals surface area (Å²) in [6, 6.07) is 5.72. The second-order valence-electron chi connectivity index (χ2n) is 11.9. The van der Waals surface area contributed by atoms with E-state index in [1.54, 1.807) is 49.9 Å². The average molecular weight is 676 g/mol. The summed E-state index contributed by atoms with van der Waals surface area (Å²) >= 11 is 1.57. The fourth-order valence-corrected chi connectivity index (χ4v) is 5.99. The highest BCUT2D eigenvalue weighted by atomic mass is 32.2. The minimum atomic E-state index is -0.826. The van der Waals surface area contributed by atoms with Crippen LogP contribution in [0.4, 0.5) is 10.5 Å². The van der Waals surface area contributed by atoms with Gasteiger partial charge in [-0.2, -0.15) is 0 Å². The van der Waals surface area contributed by atoms with Gasteiger partial charge in [-0.25, -0.2) is 4.79 Å². The lowest BCUT2D eigenvalue weighted by atomic mass is 10.0. The Morgan fingerprint density at radius 3 is 2.40 bits per heavy atom. The van der Waals surface area contributed by atoms with Gasteiger partial charge in [-0.3, -0.25) is 28.9 Å². The Morgan fingerprint density at radius 2 is 1.74 bits per heavy atom. The Kier molecular flexibility index (Phi) is 17.6. The van der Waals surface area contributed by atoms with Gasteiger partial charge in [0.1, 0.15) is 18.9 Å². The third-order valence-electron chi connectivity index (χ3n) is 7.74. The van der Waals surface area contributed by atoms with Gasteiger partial charge in [0, 0.05) is 25.1 Å². The van der Waals surface area contributed by atoms with Crippen molar-refractivity contribution in [3.05, 3.63) is 29.8 Å². The SMILES string of the molecule is CCC(C)CCSC1CC(=O)N(CCCCCC(=O)NC(C(=O)NCC(=O)Nc2ccc(COC(=O)NCC=O)cc2)C(C)C)C1=O. The molecule has 14 heteroatoms. The van der Waals surface area contributed by atoms with Crippen LogP contribution in [0.25, 0.3) is 0 Å². The first-order valence-corrected chi connectivity index (χ1v) is 17.3. The number of amides is 6. The number of nitrogens with zero attached hydrogens (tertiary/aromatic N) is 1. The topological polar surface area (TPSA) is 180 Å². The van der Waals surface area contributed by atoms with Gasteiger partial charge in [-0.05, 0) is 54.5 Å². The number of likely N-dealkylation sites (tertiary alicyclic amines) is 1. The number of anilines is 1. The van der Waals surface area contributed by atoms with E-state index in [9.17, 15) is 33.6 Å². The predicted molar refractivity (Wildman–Crippen MR) is 179 cm³/mol. The number of imide groups is 1. The molecule has 260 valence electrons. The summed E-state index contributed by atoms with van der Waals surface area (Å²) in [7, 11) is 0. The first kappa shape index (κ1) is 39.2. The lowest BCUT2D eigenvalue weighted by Gasteiger charge is -2.21. The molecule has 1 aliphatic rings. The second kappa shape index (κ2) is 21.0. The number of nitrogens with one attached hydrogen (secondary N) is 4. The van der Waals surface area contributed by atoms with E-state index in [0.717, 1.165) is 18.6 Å². The van der Waals surface area contributed by atoms with Crippen molar-refractivity contribution >= 4 is 59.4 Å². The minimum absolute atomic E-state index is 0.0174. The Balaban J connectivity index is 1.67. The van der Waals surface area contributed by atoms with Gasteiger partial charge in [-0.1, -0.05) is 52.7 Å². The van der Waals surface area contributed by atoms with Crippen LogP contribution < -0.4 is 21.3 Å². The maximum atomic E-state index is 12.8. The molecule has 2 rings (SSSR count). The van der Waals surface area contributed by atoms with Crippen LogP contribution in [0.3, 0.4) is 0 Å². The van der Waals surface area contributed by atoms with Gasteiger partial charge < -0.3 is 30.8 Å². The Morgan fingerprint density at radius 1 is 1.02 bits per heavy atom. The summed E-state index contributed by atoms with van der Waals surface area (Å²) in [5.41, 5.74) is 1.14. The second-order valence-corrected chi connectivity index (χ2v) is 13.2. The molecule has 1 heterocycles. The van der Waals surface area contributed by atoms with Crippen molar-refractivity contribution in [1.29, 1.82) is 0 Å². The molecular weight excluding hydrogens is 626 g/mol. The number of unbranched alkanes of at least 4 members (excludes halogenated alkanes) is 2. The van der Waals surface area contributed by atoms with E-state index < -0.39 is 23.9 Å². The third-order valence-corrected chi connectivity index (χ3v) is 8.98. The molecule has 4 N–H and O–H groups in total. The molecule has 1 fully saturated rings. The third kappa shape index (κ3) is 14.6. The number of rotatable bonds is 21. The van der Waals surface area contributed by atoms with E-state index in [1.807, 2.05) is 0 Å². The molecular formula is C33H49N5O8S. The predicted octanol–water partition coefficient (Wildman–Crippen LogP) is 3.16. The van der Waals surface area contributed by atoms with E-state index in [2.05, 4.69) is 35.1 Å². The number of carbonyl (C=O) groups is 7. The molecule has 0 bridgehead atoms. The van der Waals surface area contributed by atoms with Crippen LogP contribution >= 0.6 is 11.8 Å². The van der Waals surface area contributed by atoms with Crippen LogP contribution in [0.15, 0.2) is 24.3 Å². The average Bonchev–Trinajstić information content (AvgIpc) is 3.31. The van der Waals surface area contributed by atoms with Crippen LogP contribution in [-0.2, 0) is 40.1 Å². The van der Waals surface area contributed by atoms with Crippen molar-refractivity contribution in [3.63, 3.8) is 0 Å². The van der Waals surface area contributed by atoms with Crippen LogP contribution in [0.5, 0.6) is 0 Å². The number of hydrogen-bond donors (Lipinski definition) is 4. The fraction of sp³-hybridized carbons (Fsp3) is 0.606. The Bertz CT molecular complexity index is 1230. The van der Waals surface area contributed by atoms with Crippen LogP contribution in [0.2, 0.25) is 0 Å². The molecule has 47 heavy (non-hydrogen) atoms. The number of thioether (sulfide) groups is 1. The molecule has 13 nitrogen and oxygen atoms in total. The van der Waals surface area contributed by atoms with Crippen molar-refractivity contribution < 1.29 is 38.3 Å². The molecule has 0 saturated carbocycles. The molecule has 1 aromatic carbocycles. The first-order valence-electron chi connectivity index (χ1n) is 16.2. The highest BCUT2D eigenvalue weighted by Gasteiger charge is 2.38.